The van der Waals surface area contributed by atoms with Gasteiger partial charge in [0.25, 0.3) is 0 Å². The van der Waals surface area contributed by atoms with Crippen molar-refractivity contribution in [3.05, 3.63) is 54.1 Å². The molecule has 2 aromatic rings. The lowest BCUT2D eigenvalue weighted by atomic mass is 10.0. The number of hydrogen-bond donors (Lipinski definition) is 1. The van der Waals surface area contributed by atoms with Gasteiger partial charge in [-0.2, -0.15) is 0 Å². The number of nitrogens with one attached hydrogen (secondary N) is 1. The highest BCUT2D eigenvalue weighted by molar-refractivity contribution is 5.91. The first-order valence-electron chi connectivity index (χ1n) is 8.22. The fourth-order valence-corrected chi connectivity index (χ4v) is 3.03. The zero-order valence-electron chi connectivity index (χ0n) is 14.0. The monoisotopic (exact) mass is 346 g/mol. The molecule has 0 aliphatic carbocycles. The number of nitrogens with zero attached hydrogens (tertiary/aromatic N) is 1. The number of benzene rings is 2. The van der Waals surface area contributed by atoms with Crippen molar-refractivity contribution in [2.24, 2.45) is 0 Å². The standard InChI is InChI=1S/C19H20F2N2O2/c1-23-9-3-6-16(23)12-25-19(24)22-18-8-7-15(21)11-17(18)13-4-2-5-14(20)10-13/h2,4-5,7-8,10-11,16H,3,6,9,12H2,1H3,(H,22,24)/t16-/m0/s1. The van der Waals surface area contributed by atoms with E-state index in [9.17, 15) is 13.6 Å². The van der Waals surface area contributed by atoms with E-state index in [1.807, 2.05) is 7.05 Å². The third-order valence-electron chi connectivity index (χ3n) is 4.43. The van der Waals surface area contributed by atoms with Crippen LogP contribution in [-0.4, -0.2) is 37.2 Å². The van der Waals surface area contributed by atoms with Gasteiger partial charge in [-0.3, -0.25) is 5.32 Å². The molecule has 1 atom stereocenters. The third-order valence-corrected chi connectivity index (χ3v) is 4.43. The van der Waals surface area contributed by atoms with Crippen molar-refractivity contribution in [3.63, 3.8) is 0 Å². The lowest BCUT2D eigenvalue weighted by Crippen LogP contribution is -2.31. The predicted molar refractivity (Wildman–Crippen MR) is 92.4 cm³/mol. The zero-order chi connectivity index (χ0) is 17.8. The average molecular weight is 346 g/mol. The second-order valence-corrected chi connectivity index (χ2v) is 6.20. The van der Waals surface area contributed by atoms with Gasteiger partial charge in [-0.25, -0.2) is 13.6 Å². The molecular formula is C19H20F2N2O2. The van der Waals surface area contributed by atoms with Crippen LogP contribution in [0.15, 0.2) is 42.5 Å². The summed E-state index contributed by atoms with van der Waals surface area (Å²) < 4.78 is 32.4. The van der Waals surface area contributed by atoms with Crippen LogP contribution >= 0.6 is 0 Å². The van der Waals surface area contributed by atoms with Crippen LogP contribution in [0.2, 0.25) is 0 Å². The molecular weight excluding hydrogens is 326 g/mol. The number of ether oxygens (including phenoxy) is 1. The molecule has 1 saturated heterocycles. The Labute approximate surface area is 145 Å². The second kappa shape index (κ2) is 7.61. The van der Waals surface area contributed by atoms with Crippen molar-refractivity contribution in [3.8, 4) is 11.1 Å². The maximum Gasteiger partial charge on any atom is 0.411 e. The summed E-state index contributed by atoms with van der Waals surface area (Å²) in [6, 6.07) is 9.95. The van der Waals surface area contributed by atoms with Crippen LogP contribution in [0.1, 0.15) is 12.8 Å². The molecule has 1 heterocycles. The van der Waals surface area contributed by atoms with Crippen LogP contribution in [0.3, 0.4) is 0 Å². The van der Waals surface area contributed by atoms with Gasteiger partial charge in [0.05, 0.1) is 5.69 Å². The van der Waals surface area contributed by atoms with E-state index < -0.39 is 17.7 Å². The Morgan fingerprint density at radius 1 is 1.24 bits per heavy atom. The normalized spacial score (nSPS) is 17.5. The number of anilines is 1. The summed E-state index contributed by atoms with van der Waals surface area (Å²) in [6.07, 6.45) is 1.48. The quantitative estimate of drug-likeness (QED) is 0.899. The van der Waals surface area contributed by atoms with Crippen molar-refractivity contribution >= 4 is 11.8 Å². The molecule has 0 aromatic heterocycles. The molecule has 2 aromatic carbocycles. The van der Waals surface area contributed by atoms with Crippen LogP contribution in [-0.2, 0) is 4.74 Å². The molecule has 3 rings (SSSR count). The average Bonchev–Trinajstić information content (AvgIpc) is 3.00. The van der Waals surface area contributed by atoms with Gasteiger partial charge >= 0.3 is 6.09 Å². The summed E-state index contributed by atoms with van der Waals surface area (Å²) in [5, 5.41) is 2.63. The SMILES string of the molecule is CN1CCC[C@H]1COC(=O)Nc1ccc(F)cc1-c1cccc(F)c1. The van der Waals surface area contributed by atoms with Gasteiger partial charge in [0.15, 0.2) is 0 Å². The molecule has 4 nitrogen and oxygen atoms in total. The van der Waals surface area contributed by atoms with Gasteiger partial charge < -0.3 is 9.64 Å². The van der Waals surface area contributed by atoms with Crippen LogP contribution < -0.4 is 5.32 Å². The van der Waals surface area contributed by atoms with E-state index >= 15 is 0 Å². The summed E-state index contributed by atoms with van der Waals surface area (Å²) in [6.45, 7) is 1.30. The van der Waals surface area contributed by atoms with Crippen LogP contribution in [0.25, 0.3) is 11.1 Å². The van der Waals surface area contributed by atoms with Crippen molar-refractivity contribution < 1.29 is 18.3 Å². The van der Waals surface area contributed by atoms with Gasteiger partial charge in [-0.15, -0.1) is 0 Å². The van der Waals surface area contributed by atoms with Crippen molar-refractivity contribution in [2.45, 2.75) is 18.9 Å². The van der Waals surface area contributed by atoms with E-state index in [-0.39, 0.29) is 6.04 Å². The number of hydrogen-bond acceptors (Lipinski definition) is 3. The molecule has 0 unspecified atom stereocenters. The minimum atomic E-state index is -0.607. The Morgan fingerprint density at radius 2 is 2.04 bits per heavy atom. The third kappa shape index (κ3) is 4.33. The van der Waals surface area contributed by atoms with Crippen LogP contribution in [0.4, 0.5) is 19.3 Å². The molecule has 132 valence electrons. The molecule has 0 bridgehead atoms. The zero-order valence-corrected chi connectivity index (χ0v) is 14.0. The van der Waals surface area contributed by atoms with Crippen molar-refractivity contribution in [1.82, 2.24) is 4.90 Å². The number of amides is 1. The molecule has 25 heavy (non-hydrogen) atoms. The number of likely N-dealkylation sites (tertiary alicyclic amines) is 1. The Hall–Kier alpha value is -2.47. The Morgan fingerprint density at radius 3 is 2.76 bits per heavy atom. The van der Waals surface area contributed by atoms with E-state index in [1.54, 1.807) is 6.07 Å². The summed E-state index contributed by atoms with van der Waals surface area (Å²) in [5.41, 5.74) is 1.25. The molecule has 0 saturated carbocycles. The minimum Gasteiger partial charge on any atom is -0.448 e. The largest absolute Gasteiger partial charge is 0.448 e. The van der Waals surface area contributed by atoms with E-state index in [0.29, 0.717) is 23.4 Å². The number of rotatable bonds is 4. The van der Waals surface area contributed by atoms with E-state index in [1.165, 1.54) is 36.4 Å². The fourth-order valence-electron chi connectivity index (χ4n) is 3.03. The minimum absolute atomic E-state index is 0.224. The summed E-state index contributed by atoms with van der Waals surface area (Å²) in [5.74, 6) is -0.898. The summed E-state index contributed by atoms with van der Waals surface area (Å²) in [7, 11) is 2.00. The first-order chi connectivity index (χ1) is 12.0. The Bertz CT molecular complexity index is 767. The summed E-state index contributed by atoms with van der Waals surface area (Å²) in [4.78, 5) is 14.2. The molecule has 6 heteroatoms. The van der Waals surface area contributed by atoms with Gasteiger partial charge in [-0.05, 0) is 62.3 Å². The van der Waals surface area contributed by atoms with E-state index in [4.69, 9.17) is 4.74 Å². The van der Waals surface area contributed by atoms with E-state index in [2.05, 4.69) is 10.2 Å². The first-order valence-corrected chi connectivity index (χ1v) is 8.22. The second-order valence-electron chi connectivity index (χ2n) is 6.20. The van der Waals surface area contributed by atoms with Gasteiger partial charge in [0, 0.05) is 11.6 Å². The van der Waals surface area contributed by atoms with Gasteiger partial charge in [0.2, 0.25) is 0 Å². The predicted octanol–water partition coefficient (Wildman–Crippen LogP) is 4.27. The molecule has 1 N–H and O–H groups in total. The molecule has 0 spiro atoms. The smallest absolute Gasteiger partial charge is 0.411 e. The van der Waals surface area contributed by atoms with Crippen LogP contribution in [0.5, 0.6) is 0 Å². The maximum absolute atomic E-state index is 13.6. The Balaban J connectivity index is 1.72. The molecule has 1 aliphatic heterocycles. The fraction of sp³-hybridized carbons (Fsp3) is 0.316. The van der Waals surface area contributed by atoms with Gasteiger partial charge in [0.1, 0.15) is 18.2 Å². The number of carbonyl (C=O) groups excluding carboxylic acids is 1. The highest BCUT2D eigenvalue weighted by Gasteiger charge is 2.22. The molecule has 1 amide bonds. The maximum atomic E-state index is 13.6. The Kier molecular flexibility index (Phi) is 5.28. The lowest BCUT2D eigenvalue weighted by Gasteiger charge is -2.19. The van der Waals surface area contributed by atoms with Gasteiger partial charge in [-0.1, -0.05) is 12.1 Å². The van der Waals surface area contributed by atoms with E-state index in [0.717, 1.165) is 19.4 Å². The highest BCUT2D eigenvalue weighted by Crippen LogP contribution is 2.29. The number of halogens is 2. The van der Waals surface area contributed by atoms with Crippen LogP contribution in [0, 0.1) is 11.6 Å². The lowest BCUT2D eigenvalue weighted by molar-refractivity contribution is 0.127. The molecule has 1 aliphatic rings. The highest BCUT2D eigenvalue weighted by atomic mass is 19.1. The topological polar surface area (TPSA) is 41.6 Å². The van der Waals surface area contributed by atoms with Crippen molar-refractivity contribution in [1.29, 1.82) is 0 Å². The number of carbonyl (C=O) groups is 1. The number of likely N-dealkylation sites (N-methyl/N-ethyl adjacent to an activating group) is 1. The molecule has 1 fully saturated rings. The summed E-state index contributed by atoms with van der Waals surface area (Å²) >= 11 is 0. The molecule has 0 radical (unpaired) electrons. The first kappa shape index (κ1) is 17.4. The van der Waals surface area contributed by atoms with Crippen molar-refractivity contribution in [2.75, 3.05) is 25.5 Å².